The van der Waals surface area contributed by atoms with E-state index in [4.69, 9.17) is 5.11 Å². The molecule has 30 heavy (non-hydrogen) atoms. The lowest BCUT2D eigenvalue weighted by molar-refractivity contribution is -0.142. The first-order chi connectivity index (χ1) is 14.6. The van der Waals surface area contributed by atoms with Gasteiger partial charge < -0.3 is 10.4 Å². The molecule has 3 aromatic rings. The third-order valence-electron chi connectivity index (χ3n) is 5.82. The van der Waals surface area contributed by atoms with Crippen molar-refractivity contribution in [2.75, 3.05) is 0 Å². The van der Waals surface area contributed by atoms with Crippen LogP contribution in [0.2, 0.25) is 0 Å². The zero-order valence-corrected chi connectivity index (χ0v) is 17.5. The Hall–Kier alpha value is -2.92. The minimum atomic E-state index is -0.724. The number of carboxylic acid groups (broad SMARTS) is 1. The number of benzene rings is 2. The Morgan fingerprint density at radius 1 is 0.900 bits per heavy atom. The summed E-state index contributed by atoms with van der Waals surface area (Å²) in [6.07, 6.45) is 3.43. The molecule has 0 atom stereocenters. The maximum atomic E-state index is 12.8. The van der Waals surface area contributed by atoms with Gasteiger partial charge in [-0.25, -0.2) is 0 Å². The third kappa shape index (κ3) is 4.79. The van der Waals surface area contributed by atoms with E-state index in [0.717, 1.165) is 23.3 Å². The van der Waals surface area contributed by atoms with Crippen LogP contribution in [-0.4, -0.2) is 23.0 Å². The van der Waals surface area contributed by atoms with Crippen molar-refractivity contribution in [3.05, 3.63) is 82.0 Å². The van der Waals surface area contributed by atoms with Gasteiger partial charge in [0, 0.05) is 6.04 Å². The molecule has 2 N–H and O–H groups in total. The number of hydrogen-bond donors (Lipinski definition) is 2. The summed E-state index contributed by atoms with van der Waals surface area (Å²) in [4.78, 5) is 24.7. The minimum absolute atomic E-state index is 0.0420. The number of carbonyl (C=O) groups excluding carboxylic acids is 1. The molecule has 1 amide bonds. The highest BCUT2D eigenvalue weighted by Crippen LogP contribution is 2.27. The lowest BCUT2D eigenvalue weighted by atomic mass is 9.86. The van der Waals surface area contributed by atoms with Gasteiger partial charge in [-0.1, -0.05) is 54.6 Å². The normalized spacial score (nSPS) is 18.7. The zero-order valence-electron chi connectivity index (χ0n) is 16.7. The highest BCUT2D eigenvalue weighted by atomic mass is 32.1. The molecule has 1 saturated carbocycles. The number of amides is 1. The van der Waals surface area contributed by atoms with Crippen LogP contribution in [0.5, 0.6) is 0 Å². The van der Waals surface area contributed by atoms with Crippen molar-refractivity contribution in [1.29, 1.82) is 0 Å². The SMILES string of the molecule is O=C(NC1CCC(C(=O)O)CC1)c1sccc1Cc1ccc(-c2ccccc2)cc1. The summed E-state index contributed by atoms with van der Waals surface area (Å²) in [5, 5.41) is 14.2. The Morgan fingerprint density at radius 2 is 1.57 bits per heavy atom. The number of hydrogen-bond acceptors (Lipinski definition) is 3. The smallest absolute Gasteiger partial charge is 0.306 e. The van der Waals surface area contributed by atoms with E-state index in [1.165, 1.54) is 28.0 Å². The van der Waals surface area contributed by atoms with E-state index in [1.54, 1.807) is 0 Å². The largest absolute Gasteiger partial charge is 0.481 e. The van der Waals surface area contributed by atoms with E-state index in [2.05, 4.69) is 41.7 Å². The first-order valence-electron chi connectivity index (χ1n) is 10.3. The molecule has 5 heteroatoms. The number of carboxylic acids is 1. The highest BCUT2D eigenvalue weighted by molar-refractivity contribution is 7.12. The number of thiophene rings is 1. The summed E-state index contributed by atoms with van der Waals surface area (Å²) in [6, 6.07) is 20.8. The van der Waals surface area contributed by atoms with Crippen LogP contribution in [0.3, 0.4) is 0 Å². The van der Waals surface area contributed by atoms with Crippen LogP contribution in [-0.2, 0) is 11.2 Å². The fraction of sp³-hybridized carbons (Fsp3) is 0.280. The van der Waals surface area contributed by atoms with Crippen LogP contribution in [0, 0.1) is 5.92 Å². The van der Waals surface area contributed by atoms with E-state index in [1.807, 2.05) is 29.6 Å². The Bertz CT molecular complexity index is 1000. The summed E-state index contributed by atoms with van der Waals surface area (Å²) >= 11 is 1.46. The van der Waals surface area contributed by atoms with Crippen molar-refractivity contribution in [3.63, 3.8) is 0 Å². The Labute approximate surface area is 180 Å². The van der Waals surface area contributed by atoms with Crippen LogP contribution in [0.4, 0.5) is 0 Å². The molecule has 1 aliphatic rings. The van der Waals surface area contributed by atoms with Gasteiger partial charge in [0.15, 0.2) is 0 Å². The highest BCUT2D eigenvalue weighted by Gasteiger charge is 2.27. The molecule has 4 nitrogen and oxygen atoms in total. The van der Waals surface area contributed by atoms with Gasteiger partial charge in [0.1, 0.15) is 0 Å². The van der Waals surface area contributed by atoms with Crippen molar-refractivity contribution in [2.45, 2.75) is 38.1 Å². The maximum Gasteiger partial charge on any atom is 0.306 e. The second-order valence-corrected chi connectivity index (χ2v) is 8.79. The van der Waals surface area contributed by atoms with E-state index in [0.29, 0.717) is 19.3 Å². The number of nitrogens with one attached hydrogen (secondary N) is 1. The standard InChI is InChI=1S/C25H25NO3S/c27-24(26-22-12-10-20(11-13-22)25(28)29)23-21(14-15-30-23)16-17-6-8-19(9-7-17)18-4-2-1-3-5-18/h1-9,14-15,20,22H,10-13,16H2,(H,26,27)(H,28,29). The van der Waals surface area contributed by atoms with Crippen LogP contribution < -0.4 is 5.32 Å². The quantitative estimate of drug-likeness (QED) is 0.564. The fourth-order valence-electron chi connectivity index (χ4n) is 4.08. The van der Waals surface area contributed by atoms with Gasteiger partial charge in [-0.05, 0) is 65.8 Å². The topological polar surface area (TPSA) is 66.4 Å². The minimum Gasteiger partial charge on any atom is -0.481 e. The van der Waals surface area contributed by atoms with Gasteiger partial charge in [-0.15, -0.1) is 11.3 Å². The fourth-order valence-corrected chi connectivity index (χ4v) is 4.90. The molecule has 1 aromatic heterocycles. The third-order valence-corrected chi connectivity index (χ3v) is 6.78. The van der Waals surface area contributed by atoms with Crippen molar-refractivity contribution in [1.82, 2.24) is 5.32 Å². The molecule has 1 heterocycles. The summed E-state index contributed by atoms with van der Waals surface area (Å²) in [5.41, 5.74) is 4.57. The van der Waals surface area contributed by atoms with Crippen molar-refractivity contribution in [2.24, 2.45) is 5.92 Å². The Kier molecular flexibility index (Phi) is 6.29. The predicted molar refractivity (Wildman–Crippen MR) is 120 cm³/mol. The molecule has 4 rings (SSSR count). The lowest BCUT2D eigenvalue weighted by Gasteiger charge is -2.26. The molecule has 1 aliphatic carbocycles. The molecule has 0 radical (unpaired) electrons. The van der Waals surface area contributed by atoms with Gasteiger partial charge in [-0.2, -0.15) is 0 Å². The molecule has 2 aromatic carbocycles. The van der Waals surface area contributed by atoms with Crippen LogP contribution in [0.1, 0.15) is 46.5 Å². The van der Waals surface area contributed by atoms with Gasteiger partial charge >= 0.3 is 5.97 Å². The van der Waals surface area contributed by atoms with E-state index in [9.17, 15) is 9.59 Å². The monoisotopic (exact) mass is 419 g/mol. The van der Waals surface area contributed by atoms with Crippen molar-refractivity contribution in [3.8, 4) is 11.1 Å². The van der Waals surface area contributed by atoms with Crippen LogP contribution >= 0.6 is 11.3 Å². The van der Waals surface area contributed by atoms with E-state index < -0.39 is 5.97 Å². The number of carbonyl (C=O) groups is 2. The molecule has 0 spiro atoms. The van der Waals surface area contributed by atoms with Gasteiger partial charge in [-0.3, -0.25) is 9.59 Å². The molecule has 0 unspecified atom stereocenters. The average molecular weight is 420 g/mol. The second kappa shape index (κ2) is 9.26. The Balaban J connectivity index is 1.38. The molecule has 0 bridgehead atoms. The van der Waals surface area contributed by atoms with Gasteiger partial charge in [0.25, 0.3) is 5.91 Å². The molecule has 0 aliphatic heterocycles. The molecular formula is C25H25NO3S. The molecule has 0 saturated heterocycles. The number of rotatable bonds is 6. The van der Waals surface area contributed by atoms with E-state index in [-0.39, 0.29) is 17.9 Å². The van der Waals surface area contributed by atoms with Gasteiger partial charge in [0.2, 0.25) is 0 Å². The maximum absolute atomic E-state index is 12.8. The molecular weight excluding hydrogens is 394 g/mol. The average Bonchev–Trinajstić information content (AvgIpc) is 3.23. The summed E-state index contributed by atoms with van der Waals surface area (Å²) in [5.74, 6) is -1.03. The number of aliphatic carboxylic acids is 1. The Morgan fingerprint density at radius 3 is 2.23 bits per heavy atom. The second-order valence-electron chi connectivity index (χ2n) is 7.87. The van der Waals surface area contributed by atoms with Crippen molar-refractivity contribution < 1.29 is 14.7 Å². The molecule has 1 fully saturated rings. The summed E-state index contributed by atoms with van der Waals surface area (Å²) < 4.78 is 0. The summed E-state index contributed by atoms with van der Waals surface area (Å²) in [7, 11) is 0. The van der Waals surface area contributed by atoms with Crippen LogP contribution in [0.25, 0.3) is 11.1 Å². The van der Waals surface area contributed by atoms with Gasteiger partial charge in [0.05, 0.1) is 10.8 Å². The first-order valence-corrected chi connectivity index (χ1v) is 11.2. The van der Waals surface area contributed by atoms with Crippen LogP contribution in [0.15, 0.2) is 66.0 Å². The zero-order chi connectivity index (χ0) is 20.9. The lowest BCUT2D eigenvalue weighted by Crippen LogP contribution is -2.38. The first kappa shape index (κ1) is 20.4. The molecule has 154 valence electrons. The van der Waals surface area contributed by atoms with Crippen molar-refractivity contribution >= 4 is 23.2 Å². The summed E-state index contributed by atoms with van der Waals surface area (Å²) in [6.45, 7) is 0. The predicted octanol–water partition coefficient (Wildman–Crippen LogP) is 5.38. The van der Waals surface area contributed by atoms with E-state index >= 15 is 0 Å².